The van der Waals surface area contributed by atoms with Gasteiger partial charge in [0.1, 0.15) is 34.9 Å². The molecule has 2 aliphatic carbocycles. The molecule has 1 aromatic carbocycles. The molecule has 7 rings (SSSR count). The fraction of sp³-hybridized carbons (Fsp3) is 0.528. The molecule has 53 heavy (non-hydrogen) atoms. The molecule has 15 nitrogen and oxygen atoms in total. The molecule has 2 aromatic heterocycles. The van der Waals surface area contributed by atoms with E-state index >= 15 is 0 Å². The Balaban J connectivity index is 1.21. The van der Waals surface area contributed by atoms with E-state index in [4.69, 9.17) is 9.26 Å². The van der Waals surface area contributed by atoms with Crippen LogP contribution in [0.25, 0.3) is 11.0 Å². The van der Waals surface area contributed by atoms with Crippen molar-refractivity contribution in [3.05, 3.63) is 59.4 Å². The fourth-order valence-corrected chi connectivity index (χ4v) is 8.67. The number of hydrogen-bond acceptors (Lipinski definition) is 11. The molecular weight excluding hydrogens is 710 g/mol. The van der Waals surface area contributed by atoms with Gasteiger partial charge in [-0.05, 0) is 70.9 Å². The van der Waals surface area contributed by atoms with Crippen molar-refractivity contribution in [2.45, 2.75) is 107 Å². The number of carbonyl (C=O) groups excluding carboxylic acids is 4. The van der Waals surface area contributed by atoms with Crippen molar-refractivity contribution in [3.8, 4) is 5.88 Å². The topological polar surface area (TPSA) is 203 Å². The van der Waals surface area contributed by atoms with E-state index < -0.39 is 74.4 Å². The summed E-state index contributed by atoms with van der Waals surface area (Å²) >= 11 is 0. The molecule has 3 fully saturated rings. The van der Waals surface area contributed by atoms with Crippen molar-refractivity contribution >= 4 is 44.7 Å². The number of hydrogen-bond donors (Lipinski definition) is 3. The number of benzene rings is 1. The number of amides is 4. The van der Waals surface area contributed by atoms with Gasteiger partial charge in [-0.15, -0.1) is 0 Å². The molecule has 0 spiro atoms. The Hall–Kier alpha value is -4.93. The summed E-state index contributed by atoms with van der Waals surface area (Å²) in [6, 6.07) is 3.60. The zero-order chi connectivity index (χ0) is 37.5. The van der Waals surface area contributed by atoms with Crippen LogP contribution >= 0.6 is 0 Å². The van der Waals surface area contributed by atoms with Gasteiger partial charge in [-0.1, -0.05) is 36.2 Å². The molecule has 3 aromatic rings. The standard InChI is InChI=1S/C36H42FN7O8S/c1-20-17-29(52-42-20)32(46)39-27-11-7-5-3-4-6-9-22-15-16-36(22,35(48)43-53(49,50)24-13-14-24)41-31(45)28-18-23(19-44(28)34(27)47)51-33-21(2)38-26-12-8-10-25(37)30(26)40-33/h6,8-10,12,17,22-24,27-28H,3-5,7,11,13-16,18-19H2,1-2H3,(H,39,46)(H,41,45)(H,43,48). The second-order valence-corrected chi connectivity index (χ2v) is 16.4. The maximum absolute atomic E-state index is 14.7. The van der Waals surface area contributed by atoms with Gasteiger partial charge in [0.05, 0.1) is 23.0 Å². The maximum Gasteiger partial charge on any atom is 0.290 e. The zero-order valence-electron chi connectivity index (χ0n) is 29.5. The number of sulfonamides is 1. The lowest BCUT2D eigenvalue weighted by molar-refractivity contribution is -0.144. The Morgan fingerprint density at radius 3 is 2.62 bits per heavy atom. The fourth-order valence-electron chi connectivity index (χ4n) is 7.30. The summed E-state index contributed by atoms with van der Waals surface area (Å²) in [6.07, 6.45) is 7.55. The van der Waals surface area contributed by atoms with Gasteiger partial charge in [0.25, 0.3) is 11.8 Å². The Morgan fingerprint density at radius 1 is 1.09 bits per heavy atom. The molecule has 5 atom stereocenters. The third-order valence-corrected chi connectivity index (χ3v) is 12.3. The third kappa shape index (κ3) is 7.48. The first-order chi connectivity index (χ1) is 25.3. The highest BCUT2D eigenvalue weighted by Crippen LogP contribution is 2.42. The summed E-state index contributed by atoms with van der Waals surface area (Å²) in [6.45, 7) is 3.20. The van der Waals surface area contributed by atoms with Gasteiger partial charge in [-0.25, -0.2) is 22.8 Å². The zero-order valence-corrected chi connectivity index (χ0v) is 30.3. The van der Waals surface area contributed by atoms with Crippen molar-refractivity contribution < 1.29 is 41.2 Å². The third-order valence-electron chi connectivity index (χ3n) is 10.5. The van der Waals surface area contributed by atoms with Crippen molar-refractivity contribution in [2.24, 2.45) is 5.92 Å². The maximum atomic E-state index is 14.7. The number of nitrogens with zero attached hydrogens (tertiary/aromatic N) is 4. The van der Waals surface area contributed by atoms with E-state index in [2.05, 4.69) is 30.5 Å². The van der Waals surface area contributed by atoms with Gasteiger partial charge in [0.15, 0.2) is 5.82 Å². The van der Waals surface area contributed by atoms with Crippen LogP contribution in [0.3, 0.4) is 0 Å². The molecule has 0 bridgehead atoms. The summed E-state index contributed by atoms with van der Waals surface area (Å²) in [5.74, 6) is -3.82. The van der Waals surface area contributed by atoms with E-state index in [-0.39, 0.29) is 43.0 Å². The average Bonchev–Trinajstić information content (AvgIpc) is 3.76. The largest absolute Gasteiger partial charge is 0.471 e. The minimum Gasteiger partial charge on any atom is -0.471 e. The van der Waals surface area contributed by atoms with E-state index in [0.717, 1.165) is 12.8 Å². The number of carbonyl (C=O) groups is 4. The number of aromatic nitrogens is 3. The van der Waals surface area contributed by atoms with Crippen LogP contribution in [0.5, 0.6) is 5.88 Å². The van der Waals surface area contributed by atoms with Crippen molar-refractivity contribution in [3.63, 3.8) is 0 Å². The van der Waals surface area contributed by atoms with Crippen LogP contribution in [0.2, 0.25) is 0 Å². The van der Waals surface area contributed by atoms with E-state index in [1.165, 1.54) is 23.1 Å². The summed E-state index contributed by atoms with van der Waals surface area (Å²) in [4.78, 5) is 66.1. The highest BCUT2D eigenvalue weighted by molar-refractivity contribution is 7.91. The SMILES string of the molecule is Cc1cc(C(=O)NC2CCCCCC=CC3CCC3(C(=O)NS(=O)(=O)C3CC3)NC(=O)C3CC(Oc4nc5c(F)cccc5nc4C)CN3C2=O)on1. The van der Waals surface area contributed by atoms with E-state index in [1.54, 1.807) is 19.9 Å². The highest BCUT2D eigenvalue weighted by atomic mass is 32.2. The number of halogens is 1. The monoisotopic (exact) mass is 751 g/mol. The Bertz CT molecular complexity index is 2090. The van der Waals surface area contributed by atoms with Gasteiger partial charge in [-0.3, -0.25) is 23.9 Å². The highest BCUT2D eigenvalue weighted by Gasteiger charge is 2.56. The van der Waals surface area contributed by atoms with Gasteiger partial charge >= 0.3 is 0 Å². The Morgan fingerprint density at radius 2 is 1.91 bits per heavy atom. The Labute approximate surface area is 305 Å². The first-order valence-electron chi connectivity index (χ1n) is 18.0. The first-order valence-corrected chi connectivity index (χ1v) is 19.6. The molecule has 0 radical (unpaired) electrons. The van der Waals surface area contributed by atoms with E-state index in [9.17, 15) is 32.0 Å². The molecule has 4 heterocycles. The summed E-state index contributed by atoms with van der Waals surface area (Å²) < 4.78 is 54.1. The van der Waals surface area contributed by atoms with Crippen LogP contribution in [0.15, 0.2) is 40.9 Å². The van der Waals surface area contributed by atoms with Crippen molar-refractivity contribution in [1.29, 1.82) is 0 Å². The molecule has 1 saturated heterocycles. The lowest BCUT2D eigenvalue weighted by Crippen LogP contribution is -2.70. The number of aryl methyl sites for hydroxylation is 2. The quantitative estimate of drug-likeness (QED) is 0.300. The second-order valence-electron chi connectivity index (χ2n) is 14.4. The molecule has 3 N–H and O–H groups in total. The summed E-state index contributed by atoms with van der Waals surface area (Å²) in [7, 11) is -3.93. The number of rotatable bonds is 7. The summed E-state index contributed by atoms with van der Waals surface area (Å²) in [5, 5.41) is 8.76. The number of allylic oxidation sites excluding steroid dienone is 1. The predicted octanol–water partition coefficient (Wildman–Crippen LogP) is 2.91. The molecule has 4 aliphatic rings. The molecule has 5 unspecified atom stereocenters. The molecule has 2 saturated carbocycles. The van der Waals surface area contributed by atoms with Crippen LogP contribution in [-0.2, 0) is 24.4 Å². The number of ether oxygens (including phenoxy) is 1. The van der Waals surface area contributed by atoms with Gasteiger partial charge in [0, 0.05) is 18.4 Å². The van der Waals surface area contributed by atoms with Gasteiger partial charge in [-0.2, -0.15) is 0 Å². The van der Waals surface area contributed by atoms with Crippen LogP contribution in [0.4, 0.5) is 4.39 Å². The Kier molecular flexibility index (Phi) is 9.95. The van der Waals surface area contributed by atoms with Crippen molar-refractivity contribution in [1.82, 2.24) is 35.4 Å². The second kappa shape index (κ2) is 14.5. The molecule has 17 heteroatoms. The average molecular weight is 752 g/mol. The lowest BCUT2D eigenvalue weighted by atomic mass is 9.65. The minimum absolute atomic E-state index is 0.00150. The molecular formula is C36H42FN7O8S. The number of fused-ring (bicyclic) bond motifs is 3. The first kappa shape index (κ1) is 36.4. The van der Waals surface area contributed by atoms with Gasteiger partial charge in [0.2, 0.25) is 33.5 Å². The lowest BCUT2D eigenvalue weighted by Gasteiger charge is -2.47. The van der Waals surface area contributed by atoms with E-state index in [0.29, 0.717) is 49.0 Å². The van der Waals surface area contributed by atoms with Crippen LogP contribution < -0.4 is 20.1 Å². The summed E-state index contributed by atoms with van der Waals surface area (Å²) in [5.41, 5.74) is -0.387. The molecule has 4 amide bonds. The molecule has 2 aliphatic heterocycles. The van der Waals surface area contributed by atoms with E-state index in [1.807, 2.05) is 12.2 Å². The number of para-hydroxylation sites is 1. The normalized spacial score (nSPS) is 26.7. The van der Waals surface area contributed by atoms with Crippen molar-refractivity contribution in [2.75, 3.05) is 6.54 Å². The van der Waals surface area contributed by atoms with Crippen LogP contribution in [-0.4, -0.2) is 87.6 Å². The minimum atomic E-state index is -3.93. The van der Waals surface area contributed by atoms with Crippen LogP contribution in [0.1, 0.15) is 86.2 Å². The number of nitrogens with one attached hydrogen (secondary N) is 3. The van der Waals surface area contributed by atoms with Gasteiger partial charge < -0.3 is 24.8 Å². The van der Waals surface area contributed by atoms with Crippen LogP contribution in [0, 0.1) is 25.6 Å². The predicted molar refractivity (Wildman–Crippen MR) is 187 cm³/mol. The molecule has 282 valence electrons. The smallest absolute Gasteiger partial charge is 0.290 e.